The molecule has 0 radical (unpaired) electrons. The van der Waals surface area contributed by atoms with Gasteiger partial charge in [-0.05, 0) is 26.0 Å². The lowest BCUT2D eigenvalue weighted by Crippen LogP contribution is -2.39. The molecule has 1 aromatic carbocycles. The molecule has 1 aromatic heterocycles. The number of benzene rings is 1. The molecule has 2 aromatic rings. The number of amides is 2. The van der Waals surface area contributed by atoms with E-state index in [1.807, 2.05) is 44.2 Å². The van der Waals surface area contributed by atoms with Crippen LogP contribution in [0.3, 0.4) is 0 Å². The van der Waals surface area contributed by atoms with E-state index in [0.717, 1.165) is 16.5 Å². The summed E-state index contributed by atoms with van der Waals surface area (Å²) in [6.45, 7) is 3.70. The van der Waals surface area contributed by atoms with Crippen LogP contribution in [0.25, 0.3) is 17.0 Å². The van der Waals surface area contributed by atoms with Crippen LogP contribution >= 0.6 is 0 Å². The van der Waals surface area contributed by atoms with Crippen molar-refractivity contribution < 1.29 is 9.59 Å². The Morgan fingerprint density at radius 1 is 1.23 bits per heavy atom. The normalized spacial score (nSPS) is 11.0. The standard InChI is InChI=1S/C17H19N3O2/c1-12(2)20-16(22)11-19-15(21)9-8-14-6-3-5-13-7-4-10-18-17(13)14/h3-10,12H,11H2,1-2H3,(H,19,21)(H,20,22)/b9-8+. The van der Waals surface area contributed by atoms with Crippen molar-refractivity contribution in [1.29, 1.82) is 0 Å². The molecular weight excluding hydrogens is 278 g/mol. The third-order valence-corrected chi connectivity index (χ3v) is 2.95. The number of fused-ring (bicyclic) bond motifs is 1. The van der Waals surface area contributed by atoms with Gasteiger partial charge in [0.2, 0.25) is 11.8 Å². The maximum atomic E-state index is 11.7. The van der Waals surface area contributed by atoms with Crippen LogP contribution < -0.4 is 10.6 Å². The first-order valence-corrected chi connectivity index (χ1v) is 7.15. The highest BCUT2D eigenvalue weighted by Crippen LogP contribution is 2.16. The van der Waals surface area contributed by atoms with Gasteiger partial charge in [0.25, 0.3) is 0 Å². The Kier molecular flexibility index (Phi) is 5.25. The average molecular weight is 297 g/mol. The van der Waals surface area contributed by atoms with E-state index in [0.29, 0.717) is 0 Å². The lowest BCUT2D eigenvalue weighted by Gasteiger charge is -2.08. The van der Waals surface area contributed by atoms with Gasteiger partial charge in [0.15, 0.2) is 0 Å². The molecule has 0 aliphatic carbocycles. The zero-order chi connectivity index (χ0) is 15.9. The molecular formula is C17H19N3O2. The van der Waals surface area contributed by atoms with Crippen molar-refractivity contribution in [3.05, 3.63) is 48.2 Å². The molecule has 0 bridgehead atoms. The molecule has 0 unspecified atom stereocenters. The highest BCUT2D eigenvalue weighted by Gasteiger charge is 2.04. The number of rotatable bonds is 5. The van der Waals surface area contributed by atoms with Crippen molar-refractivity contribution in [3.8, 4) is 0 Å². The summed E-state index contributed by atoms with van der Waals surface area (Å²) in [5.74, 6) is -0.518. The predicted octanol–water partition coefficient (Wildman–Crippen LogP) is 1.89. The van der Waals surface area contributed by atoms with Gasteiger partial charge in [-0.25, -0.2) is 0 Å². The number of para-hydroxylation sites is 1. The third kappa shape index (κ3) is 4.41. The minimum absolute atomic E-state index is 0.0326. The van der Waals surface area contributed by atoms with Gasteiger partial charge >= 0.3 is 0 Å². The monoisotopic (exact) mass is 297 g/mol. The SMILES string of the molecule is CC(C)NC(=O)CNC(=O)/C=C/c1cccc2cccnc12. The van der Waals surface area contributed by atoms with Crippen LogP contribution in [0.1, 0.15) is 19.4 Å². The van der Waals surface area contributed by atoms with E-state index in [4.69, 9.17) is 0 Å². The van der Waals surface area contributed by atoms with Crippen molar-refractivity contribution in [2.24, 2.45) is 0 Å². The summed E-state index contributed by atoms with van der Waals surface area (Å²) < 4.78 is 0. The van der Waals surface area contributed by atoms with E-state index >= 15 is 0 Å². The maximum absolute atomic E-state index is 11.7. The smallest absolute Gasteiger partial charge is 0.244 e. The molecule has 0 aliphatic heterocycles. The fourth-order valence-corrected chi connectivity index (χ4v) is 2.03. The zero-order valence-electron chi connectivity index (χ0n) is 12.7. The molecule has 114 valence electrons. The highest BCUT2D eigenvalue weighted by atomic mass is 16.2. The number of hydrogen-bond donors (Lipinski definition) is 2. The zero-order valence-corrected chi connectivity index (χ0v) is 12.7. The van der Waals surface area contributed by atoms with Crippen LogP contribution in [0.5, 0.6) is 0 Å². The Morgan fingerprint density at radius 2 is 2.00 bits per heavy atom. The molecule has 5 nitrogen and oxygen atoms in total. The van der Waals surface area contributed by atoms with E-state index in [2.05, 4.69) is 15.6 Å². The van der Waals surface area contributed by atoms with E-state index in [1.54, 1.807) is 12.3 Å². The second kappa shape index (κ2) is 7.36. The predicted molar refractivity (Wildman–Crippen MR) is 87.1 cm³/mol. The van der Waals surface area contributed by atoms with Crippen molar-refractivity contribution >= 4 is 28.8 Å². The number of carbonyl (C=O) groups excluding carboxylic acids is 2. The highest BCUT2D eigenvalue weighted by molar-refractivity contribution is 5.96. The van der Waals surface area contributed by atoms with Crippen LogP contribution in [0.4, 0.5) is 0 Å². The second-order valence-electron chi connectivity index (χ2n) is 5.20. The summed E-state index contributed by atoms with van der Waals surface area (Å²) in [5.41, 5.74) is 1.70. The lowest BCUT2D eigenvalue weighted by atomic mass is 10.1. The lowest BCUT2D eigenvalue weighted by molar-refractivity contribution is -0.124. The average Bonchev–Trinajstić information content (AvgIpc) is 2.50. The molecule has 0 fully saturated rings. The molecule has 0 saturated heterocycles. The van der Waals surface area contributed by atoms with Crippen LogP contribution in [0.15, 0.2) is 42.6 Å². The molecule has 0 spiro atoms. The van der Waals surface area contributed by atoms with Gasteiger partial charge < -0.3 is 10.6 Å². The molecule has 22 heavy (non-hydrogen) atoms. The van der Waals surface area contributed by atoms with Gasteiger partial charge in [-0.1, -0.05) is 24.3 Å². The van der Waals surface area contributed by atoms with Gasteiger partial charge in [0.05, 0.1) is 12.1 Å². The minimum Gasteiger partial charge on any atom is -0.352 e. The Labute approximate surface area is 129 Å². The summed E-state index contributed by atoms with van der Waals surface area (Å²) in [6, 6.07) is 9.67. The Bertz CT molecular complexity index is 703. The van der Waals surface area contributed by atoms with E-state index in [-0.39, 0.29) is 24.4 Å². The Hall–Kier alpha value is -2.69. The first-order valence-electron chi connectivity index (χ1n) is 7.15. The van der Waals surface area contributed by atoms with E-state index < -0.39 is 0 Å². The van der Waals surface area contributed by atoms with Gasteiger partial charge in [0, 0.05) is 29.3 Å². The number of hydrogen-bond acceptors (Lipinski definition) is 3. The van der Waals surface area contributed by atoms with Gasteiger partial charge in [-0.2, -0.15) is 0 Å². The summed E-state index contributed by atoms with van der Waals surface area (Å²) in [5, 5.41) is 6.27. The van der Waals surface area contributed by atoms with Gasteiger partial charge in [0.1, 0.15) is 0 Å². The number of aromatic nitrogens is 1. The minimum atomic E-state index is -0.313. The summed E-state index contributed by atoms with van der Waals surface area (Å²) in [7, 11) is 0. The number of pyridine rings is 1. The maximum Gasteiger partial charge on any atom is 0.244 e. The molecule has 2 N–H and O–H groups in total. The topological polar surface area (TPSA) is 71.1 Å². The van der Waals surface area contributed by atoms with Crippen molar-refractivity contribution in [2.45, 2.75) is 19.9 Å². The molecule has 0 saturated carbocycles. The summed E-state index contributed by atoms with van der Waals surface area (Å²) in [4.78, 5) is 27.5. The van der Waals surface area contributed by atoms with Crippen LogP contribution in [0.2, 0.25) is 0 Å². The fraction of sp³-hybridized carbons (Fsp3) is 0.235. The summed E-state index contributed by atoms with van der Waals surface area (Å²) in [6.07, 6.45) is 4.83. The van der Waals surface area contributed by atoms with E-state index in [1.165, 1.54) is 6.08 Å². The summed E-state index contributed by atoms with van der Waals surface area (Å²) >= 11 is 0. The van der Waals surface area contributed by atoms with Gasteiger partial charge in [-0.3, -0.25) is 14.6 Å². The number of carbonyl (C=O) groups is 2. The quantitative estimate of drug-likeness (QED) is 0.828. The molecule has 2 amide bonds. The van der Waals surface area contributed by atoms with Crippen molar-refractivity contribution in [2.75, 3.05) is 6.54 Å². The van der Waals surface area contributed by atoms with Crippen molar-refractivity contribution in [3.63, 3.8) is 0 Å². The fourth-order valence-electron chi connectivity index (χ4n) is 2.03. The van der Waals surface area contributed by atoms with Gasteiger partial charge in [-0.15, -0.1) is 0 Å². The van der Waals surface area contributed by atoms with Crippen molar-refractivity contribution in [1.82, 2.24) is 15.6 Å². The van der Waals surface area contributed by atoms with E-state index in [9.17, 15) is 9.59 Å². The Morgan fingerprint density at radius 3 is 2.77 bits per heavy atom. The number of nitrogens with zero attached hydrogens (tertiary/aromatic N) is 1. The first-order chi connectivity index (χ1) is 10.6. The van der Waals surface area contributed by atoms with Crippen LogP contribution in [0, 0.1) is 0 Å². The number of nitrogens with one attached hydrogen (secondary N) is 2. The molecule has 1 heterocycles. The third-order valence-electron chi connectivity index (χ3n) is 2.95. The first kappa shape index (κ1) is 15.7. The second-order valence-corrected chi connectivity index (χ2v) is 5.20. The Balaban J connectivity index is 1.99. The molecule has 0 aliphatic rings. The molecule has 2 rings (SSSR count). The molecule has 5 heteroatoms. The molecule has 0 atom stereocenters. The largest absolute Gasteiger partial charge is 0.352 e. The van der Waals surface area contributed by atoms with Crippen LogP contribution in [-0.4, -0.2) is 29.4 Å². The van der Waals surface area contributed by atoms with Crippen LogP contribution in [-0.2, 0) is 9.59 Å².